The molecule has 156 valence electrons. The molecule has 2 atom stereocenters. The summed E-state index contributed by atoms with van der Waals surface area (Å²) in [5.41, 5.74) is 1.83. The van der Waals surface area contributed by atoms with Gasteiger partial charge in [-0.1, -0.05) is 90.6 Å². The number of benzene rings is 3. The summed E-state index contributed by atoms with van der Waals surface area (Å²) >= 11 is 1.30. The summed E-state index contributed by atoms with van der Waals surface area (Å²) in [7, 11) is 0. The number of hydrogen-bond acceptors (Lipinski definition) is 3. The van der Waals surface area contributed by atoms with Gasteiger partial charge in [-0.05, 0) is 22.8 Å². The fraction of sp³-hybridized carbons (Fsp3) is 0.174. The van der Waals surface area contributed by atoms with Gasteiger partial charge in [0.25, 0.3) is 0 Å². The predicted molar refractivity (Wildman–Crippen MR) is 119 cm³/mol. The van der Waals surface area contributed by atoms with Crippen LogP contribution in [0.2, 0.25) is 0 Å². The second-order valence-electron chi connectivity index (χ2n) is 6.77. The van der Waals surface area contributed by atoms with Crippen molar-refractivity contribution in [1.29, 1.82) is 0 Å². The van der Waals surface area contributed by atoms with Gasteiger partial charge in [0.05, 0.1) is 11.6 Å². The molecular weight excluding hydrogens is 429 g/mol. The molecule has 1 heterocycles. The van der Waals surface area contributed by atoms with Gasteiger partial charge in [-0.3, -0.25) is 4.99 Å². The number of thioether (sulfide) groups is 1. The van der Waals surface area contributed by atoms with E-state index in [1.54, 1.807) is 6.07 Å². The molecule has 1 N–H and O–H groups in total. The summed E-state index contributed by atoms with van der Waals surface area (Å²) in [6.45, 7) is 0. The molecule has 3 aromatic carbocycles. The lowest BCUT2D eigenvalue weighted by atomic mass is 9.95. The Labute approximate surface area is 184 Å². The Morgan fingerprint density at radius 3 is 2.00 bits per heavy atom. The van der Waals surface area contributed by atoms with Crippen molar-refractivity contribution in [2.45, 2.75) is 24.0 Å². The summed E-state index contributed by atoms with van der Waals surface area (Å²) in [5, 5.41) is 4.07. The van der Waals surface area contributed by atoms with Crippen LogP contribution in [0.5, 0.6) is 0 Å². The van der Waals surface area contributed by atoms with Crippen molar-refractivity contribution in [2.75, 3.05) is 0 Å². The van der Waals surface area contributed by atoms with Crippen molar-refractivity contribution in [3.63, 3.8) is 0 Å². The summed E-state index contributed by atoms with van der Waals surface area (Å²) in [6.07, 6.45) is -4.36. The average Bonchev–Trinajstić information content (AvgIpc) is 3.17. The van der Waals surface area contributed by atoms with Crippen molar-refractivity contribution in [2.24, 2.45) is 4.99 Å². The summed E-state index contributed by atoms with van der Waals surface area (Å²) < 4.78 is 39.8. The Morgan fingerprint density at radius 2 is 1.37 bits per heavy atom. The molecule has 0 aromatic heterocycles. The fourth-order valence-electron chi connectivity index (χ4n) is 3.44. The highest BCUT2D eigenvalue weighted by Gasteiger charge is 2.34. The lowest BCUT2D eigenvalue weighted by Crippen LogP contribution is -2.22. The van der Waals surface area contributed by atoms with E-state index >= 15 is 0 Å². The quantitative estimate of drug-likeness (QED) is 0.474. The first-order valence-corrected chi connectivity index (χ1v) is 10.2. The van der Waals surface area contributed by atoms with Crippen LogP contribution in [0, 0.1) is 0 Å². The third kappa shape index (κ3) is 4.99. The van der Waals surface area contributed by atoms with Crippen molar-refractivity contribution < 1.29 is 13.2 Å². The molecule has 0 saturated carbocycles. The minimum atomic E-state index is -4.36. The number of nitrogens with zero attached hydrogens (tertiary/aromatic N) is 1. The molecule has 2 nitrogen and oxygen atoms in total. The maximum Gasteiger partial charge on any atom is 0.416 e. The third-order valence-electron chi connectivity index (χ3n) is 4.84. The Morgan fingerprint density at radius 1 is 0.800 bits per heavy atom. The lowest BCUT2D eigenvalue weighted by molar-refractivity contribution is -0.138. The number of halogens is 4. The van der Waals surface area contributed by atoms with Crippen LogP contribution in [0.3, 0.4) is 0 Å². The smallest absolute Gasteiger partial charge is 0.356 e. The minimum absolute atomic E-state index is 0. The maximum atomic E-state index is 13.3. The minimum Gasteiger partial charge on any atom is -0.356 e. The Hall–Kier alpha value is -2.44. The molecule has 0 amide bonds. The fourth-order valence-corrected chi connectivity index (χ4v) is 4.38. The highest BCUT2D eigenvalue weighted by molar-refractivity contribution is 8.13. The monoisotopic (exact) mass is 448 g/mol. The van der Waals surface area contributed by atoms with E-state index in [0.29, 0.717) is 5.17 Å². The lowest BCUT2D eigenvalue weighted by Gasteiger charge is -2.19. The Kier molecular flexibility index (Phi) is 7.10. The van der Waals surface area contributed by atoms with Gasteiger partial charge in [-0.15, -0.1) is 12.4 Å². The second-order valence-corrected chi connectivity index (χ2v) is 7.73. The van der Waals surface area contributed by atoms with Gasteiger partial charge < -0.3 is 5.32 Å². The van der Waals surface area contributed by atoms with E-state index < -0.39 is 11.7 Å². The van der Waals surface area contributed by atoms with Crippen LogP contribution in [0.1, 0.15) is 34.3 Å². The van der Waals surface area contributed by atoms with Crippen LogP contribution in [-0.2, 0) is 11.9 Å². The number of hydrogen-bond donors (Lipinski definition) is 1. The van der Waals surface area contributed by atoms with Crippen LogP contribution in [0.25, 0.3) is 0 Å². The van der Waals surface area contributed by atoms with Crippen LogP contribution in [0.4, 0.5) is 13.2 Å². The first kappa shape index (κ1) is 22.2. The maximum absolute atomic E-state index is 13.3. The molecule has 1 aliphatic heterocycles. The third-order valence-corrected chi connectivity index (χ3v) is 5.79. The van der Waals surface area contributed by atoms with Gasteiger partial charge in [0.1, 0.15) is 6.04 Å². The summed E-state index contributed by atoms with van der Waals surface area (Å²) in [5.74, 6) is 0.199. The number of aliphatic imine (C=N–C) groups is 1. The zero-order chi connectivity index (χ0) is 20.3. The number of nitrogens with one attached hydrogen (secondary N) is 1. The molecule has 0 fully saturated rings. The topological polar surface area (TPSA) is 24.4 Å². The number of alkyl halides is 3. The predicted octanol–water partition coefficient (Wildman–Crippen LogP) is 6.80. The average molecular weight is 449 g/mol. The number of amidine groups is 1. The van der Waals surface area contributed by atoms with Gasteiger partial charge in [0.15, 0.2) is 5.17 Å². The first-order chi connectivity index (χ1) is 14.0. The molecule has 7 heteroatoms. The normalized spacial score (nSPS) is 18.3. The molecule has 2 unspecified atom stereocenters. The molecule has 0 bridgehead atoms. The standard InChI is InChI=1S/C23H19F3N2S.ClH/c24-23(25,26)19-14-8-7-13-18(19)15-29-22-27-20(16-9-3-1-4-10-16)21(28-22)17-11-5-2-6-12-17;/h1-14,20-21H,15H2,(H,27,28);1H. The van der Waals surface area contributed by atoms with Crippen molar-refractivity contribution in [3.8, 4) is 0 Å². The first-order valence-electron chi connectivity index (χ1n) is 9.24. The molecule has 0 radical (unpaired) electrons. The molecule has 0 aliphatic carbocycles. The van der Waals surface area contributed by atoms with E-state index in [0.717, 1.165) is 17.2 Å². The van der Waals surface area contributed by atoms with Gasteiger partial charge in [0.2, 0.25) is 0 Å². The second kappa shape index (κ2) is 9.58. The molecule has 3 aromatic rings. The molecular formula is C23H20ClF3N2S. The highest BCUT2D eigenvalue weighted by Crippen LogP contribution is 2.39. The molecule has 1 aliphatic rings. The summed E-state index contributed by atoms with van der Waals surface area (Å²) in [6, 6.07) is 25.4. The van der Waals surface area contributed by atoms with Crippen molar-refractivity contribution in [3.05, 3.63) is 107 Å². The van der Waals surface area contributed by atoms with Crippen molar-refractivity contribution in [1.82, 2.24) is 5.32 Å². The van der Waals surface area contributed by atoms with E-state index in [1.165, 1.54) is 23.9 Å². The summed E-state index contributed by atoms with van der Waals surface area (Å²) in [4.78, 5) is 4.81. The largest absolute Gasteiger partial charge is 0.416 e. The van der Waals surface area contributed by atoms with E-state index in [4.69, 9.17) is 4.99 Å². The number of rotatable bonds is 4. The highest BCUT2D eigenvalue weighted by atomic mass is 35.5. The molecule has 0 saturated heterocycles. The molecule has 4 rings (SSSR count). The van der Waals surface area contributed by atoms with Crippen LogP contribution in [0.15, 0.2) is 89.9 Å². The van der Waals surface area contributed by atoms with Crippen LogP contribution >= 0.6 is 24.2 Å². The van der Waals surface area contributed by atoms with Gasteiger partial charge in [-0.2, -0.15) is 13.2 Å². The van der Waals surface area contributed by atoms with Gasteiger partial charge in [0, 0.05) is 5.75 Å². The van der Waals surface area contributed by atoms with Gasteiger partial charge in [-0.25, -0.2) is 0 Å². The van der Waals surface area contributed by atoms with E-state index in [2.05, 4.69) is 5.32 Å². The van der Waals surface area contributed by atoms with Crippen LogP contribution < -0.4 is 5.32 Å². The molecule has 30 heavy (non-hydrogen) atoms. The van der Waals surface area contributed by atoms with E-state index in [9.17, 15) is 13.2 Å². The SMILES string of the molecule is Cl.FC(F)(F)c1ccccc1CSC1=NC(c2ccccc2)C(c2ccccc2)N1. The van der Waals surface area contributed by atoms with Gasteiger partial charge >= 0.3 is 6.18 Å². The van der Waals surface area contributed by atoms with Crippen LogP contribution in [-0.4, -0.2) is 5.17 Å². The van der Waals surface area contributed by atoms with Crippen molar-refractivity contribution >= 4 is 29.3 Å². The van der Waals surface area contributed by atoms with E-state index in [1.807, 2.05) is 60.7 Å². The zero-order valence-electron chi connectivity index (χ0n) is 15.8. The van der Waals surface area contributed by atoms with E-state index in [-0.39, 0.29) is 35.8 Å². The Balaban J connectivity index is 0.00000256. The molecule has 0 spiro atoms. The Bertz CT molecular complexity index is 994. The zero-order valence-corrected chi connectivity index (χ0v) is 17.5.